The number of piperazine rings is 1. The van der Waals surface area contributed by atoms with E-state index in [0.717, 1.165) is 0 Å². The lowest BCUT2D eigenvalue weighted by molar-refractivity contribution is -0.145. The van der Waals surface area contributed by atoms with Crippen LogP contribution in [0.15, 0.2) is 30.3 Å². The Morgan fingerprint density at radius 1 is 1.10 bits per heavy atom. The van der Waals surface area contributed by atoms with Crippen LogP contribution in [0.4, 0.5) is 0 Å². The van der Waals surface area contributed by atoms with E-state index in [2.05, 4.69) is 16.0 Å². The van der Waals surface area contributed by atoms with E-state index >= 15 is 0 Å². The number of hydrogen-bond donors (Lipinski definition) is 3. The van der Waals surface area contributed by atoms with Crippen molar-refractivity contribution in [1.29, 1.82) is 0 Å². The Morgan fingerprint density at radius 3 is 2.65 bits per heavy atom. The van der Waals surface area contributed by atoms with Crippen LogP contribution in [0.25, 0.3) is 0 Å². The molecule has 3 rings (SSSR count). The van der Waals surface area contributed by atoms with Gasteiger partial charge in [0.25, 0.3) is 0 Å². The Hall–Kier alpha value is -1.92. The summed E-state index contributed by atoms with van der Waals surface area (Å²) >= 11 is 0. The predicted molar refractivity (Wildman–Crippen MR) is 71.8 cm³/mol. The van der Waals surface area contributed by atoms with Gasteiger partial charge in [-0.15, -0.1) is 0 Å². The van der Waals surface area contributed by atoms with E-state index < -0.39 is 11.8 Å². The summed E-state index contributed by atoms with van der Waals surface area (Å²) < 4.78 is 5.50. The monoisotopic (exact) mass is 275 g/mol. The number of fused-ring (bicyclic) bond motifs is 1. The van der Waals surface area contributed by atoms with Crippen LogP contribution in [0, 0.1) is 0 Å². The summed E-state index contributed by atoms with van der Waals surface area (Å²) in [6.45, 7) is 1.65. The zero-order chi connectivity index (χ0) is 13.9. The minimum absolute atomic E-state index is 0.0153. The molecule has 6 heteroatoms. The predicted octanol–water partition coefficient (Wildman–Crippen LogP) is -0.842. The van der Waals surface area contributed by atoms with Gasteiger partial charge in [0.15, 0.2) is 0 Å². The standard InChI is InChI=1S/C14H17N3O3/c18-13-14(19)17-12-10(7-20-8-11(12)16-13)15-6-9-4-2-1-3-5-9/h1-5,10-12,15H,6-8H2,(H,16,18)(H,17,19)/t10?,11-,12-/m1/s1. The topological polar surface area (TPSA) is 79.5 Å². The van der Waals surface area contributed by atoms with Gasteiger partial charge in [-0.1, -0.05) is 30.3 Å². The summed E-state index contributed by atoms with van der Waals surface area (Å²) in [6.07, 6.45) is 0. The molecule has 2 heterocycles. The Kier molecular flexibility index (Phi) is 3.66. The Morgan fingerprint density at radius 2 is 1.85 bits per heavy atom. The lowest BCUT2D eigenvalue weighted by atomic mass is 9.96. The highest BCUT2D eigenvalue weighted by Crippen LogP contribution is 2.13. The number of hydrogen-bond acceptors (Lipinski definition) is 4. The first-order valence-electron chi connectivity index (χ1n) is 6.70. The second-order valence-electron chi connectivity index (χ2n) is 5.09. The highest BCUT2D eigenvalue weighted by Gasteiger charge is 2.41. The van der Waals surface area contributed by atoms with Gasteiger partial charge in [0.1, 0.15) is 0 Å². The van der Waals surface area contributed by atoms with Crippen LogP contribution in [0.2, 0.25) is 0 Å². The van der Waals surface area contributed by atoms with E-state index in [1.807, 2.05) is 30.3 Å². The number of rotatable bonds is 3. The number of nitrogens with one attached hydrogen (secondary N) is 3. The molecule has 3 atom stereocenters. The van der Waals surface area contributed by atoms with Crippen molar-refractivity contribution < 1.29 is 14.3 Å². The minimum atomic E-state index is -0.585. The molecule has 2 saturated heterocycles. The first-order chi connectivity index (χ1) is 9.74. The van der Waals surface area contributed by atoms with E-state index in [1.54, 1.807) is 0 Å². The van der Waals surface area contributed by atoms with Gasteiger partial charge in [0, 0.05) is 6.54 Å². The molecule has 2 aliphatic heterocycles. The van der Waals surface area contributed by atoms with Gasteiger partial charge in [-0.3, -0.25) is 9.59 Å². The van der Waals surface area contributed by atoms with Gasteiger partial charge >= 0.3 is 11.8 Å². The quantitative estimate of drug-likeness (QED) is 0.628. The van der Waals surface area contributed by atoms with Gasteiger partial charge in [-0.2, -0.15) is 0 Å². The summed E-state index contributed by atoms with van der Waals surface area (Å²) in [5, 5.41) is 8.82. The van der Waals surface area contributed by atoms with Gasteiger partial charge in [0.2, 0.25) is 0 Å². The van der Waals surface area contributed by atoms with Crippen molar-refractivity contribution in [2.45, 2.75) is 24.7 Å². The van der Waals surface area contributed by atoms with E-state index in [9.17, 15) is 9.59 Å². The smallest absolute Gasteiger partial charge is 0.309 e. The lowest BCUT2D eigenvalue weighted by Crippen LogP contribution is -2.71. The van der Waals surface area contributed by atoms with Crippen LogP contribution in [-0.2, 0) is 20.9 Å². The van der Waals surface area contributed by atoms with Crippen molar-refractivity contribution in [2.24, 2.45) is 0 Å². The van der Waals surface area contributed by atoms with Gasteiger partial charge < -0.3 is 20.7 Å². The average Bonchev–Trinajstić information content (AvgIpc) is 2.47. The number of ether oxygens (including phenoxy) is 1. The third-order valence-corrected chi connectivity index (χ3v) is 3.69. The Labute approximate surface area is 116 Å². The fourth-order valence-electron chi connectivity index (χ4n) is 2.62. The molecule has 0 bridgehead atoms. The molecule has 1 aromatic rings. The molecule has 106 valence electrons. The summed E-state index contributed by atoms with van der Waals surface area (Å²) in [6, 6.07) is 9.71. The first kappa shape index (κ1) is 13.1. The van der Waals surface area contributed by atoms with Crippen molar-refractivity contribution >= 4 is 11.8 Å². The van der Waals surface area contributed by atoms with Crippen LogP contribution in [-0.4, -0.2) is 43.2 Å². The summed E-state index contributed by atoms with van der Waals surface area (Å²) in [5.74, 6) is -1.15. The Bertz CT molecular complexity index is 506. The second kappa shape index (κ2) is 5.60. The highest BCUT2D eigenvalue weighted by molar-refractivity contribution is 6.35. The fourth-order valence-corrected chi connectivity index (χ4v) is 2.62. The van der Waals surface area contributed by atoms with Gasteiger partial charge in [-0.05, 0) is 5.56 Å². The molecule has 0 spiro atoms. The third-order valence-electron chi connectivity index (χ3n) is 3.69. The summed E-state index contributed by atoms with van der Waals surface area (Å²) in [7, 11) is 0. The van der Waals surface area contributed by atoms with Crippen molar-refractivity contribution in [3.63, 3.8) is 0 Å². The van der Waals surface area contributed by atoms with E-state index in [-0.39, 0.29) is 18.1 Å². The molecule has 0 radical (unpaired) electrons. The molecule has 6 nitrogen and oxygen atoms in total. The molecule has 20 heavy (non-hydrogen) atoms. The molecule has 2 amide bonds. The van der Waals surface area contributed by atoms with Gasteiger partial charge in [0.05, 0.1) is 31.3 Å². The average molecular weight is 275 g/mol. The summed E-state index contributed by atoms with van der Waals surface area (Å²) in [4.78, 5) is 22.8. The van der Waals surface area contributed by atoms with Gasteiger partial charge in [-0.25, -0.2) is 0 Å². The van der Waals surface area contributed by atoms with E-state index in [1.165, 1.54) is 5.56 Å². The fraction of sp³-hybridized carbons (Fsp3) is 0.429. The maximum Gasteiger partial charge on any atom is 0.309 e. The van der Waals surface area contributed by atoms with Crippen LogP contribution in [0.5, 0.6) is 0 Å². The molecule has 3 N–H and O–H groups in total. The highest BCUT2D eigenvalue weighted by atomic mass is 16.5. The third kappa shape index (κ3) is 2.66. The minimum Gasteiger partial charge on any atom is -0.378 e. The van der Waals surface area contributed by atoms with Crippen molar-refractivity contribution in [1.82, 2.24) is 16.0 Å². The number of carbonyl (C=O) groups is 2. The zero-order valence-corrected chi connectivity index (χ0v) is 11.0. The van der Waals surface area contributed by atoms with E-state index in [4.69, 9.17) is 4.74 Å². The number of amides is 2. The van der Waals surface area contributed by atoms with Crippen LogP contribution < -0.4 is 16.0 Å². The van der Waals surface area contributed by atoms with Crippen LogP contribution >= 0.6 is 0 Å². The number of benzene rings is 1. The molecular formula is C14H17N3O3. The molecule has 0 saturated carbocycles. The molecular weight excluding hydrogens is 258 g/mol. The first-order valence-corrected chi connectivity index (χ1v) is 6.70. The zero-order valence-electron chi connectivity index (χ0n) is 11.0. The molecule has 0 aliphatic carbocycles. The van der Waals surface area contributed by atoms with Crippen LogP contribution in [0.3, 0.4) is 0 Å². The summed E-state index contributed by atoms with van der Waals surface area (Å²) in [5.41, 5.74) is 1.17. The maximum atomic E-state index is 11.5. The SMILES string of the molecule is O=C1N[C@@H]2C(NCc3ccccc3)COC[C@H]2NC1=O. The second-order valence-corrected chi connectivity index (χ2v) is 5.09. The Balaban J connectivity index is 1.64. The maximum absolute atomic E-state index is 11.5. The largest absolute Gasteiger partial charge is 0.378 e. The molecule has 1 unspecified atom stereocenters. The van der Waals surface area contributed by atoms with Crippen LogP contribution in [0.1, 0.15) is 5.56 Å². The van der Waals surface area contributed by atoms with Crippen molar-refractivity contribution in [3.05, 3.63) is 35.9 Å². The number of carbonyl (C=O) groups excluding carboxylic acids is 2. The normalized spacial score (nSPS) is 29.3. The molecule has 0 aromatic heterocycles. The van der Waals surface area contributed by atoms with Crippen molar-refractivity contribution in [2.75, 3.05) is 13.2 Å². The van der Waals surface area contributed by atoms with Crippen molar-refractivity contribution in [3.8, 4) is 0 Å². The molecule has 2 aliphatic rings. The lowest BCUT2D eigenvalue weighted by Gasteiger charge is -2.41. The molecule has 2 fully saturated rings. The van der Waals surface area contributed by atoms with E-state index in [0.29, 0.717) is 19.8 Å². The molecule has 1 aromatic carbocycles.